The van der Waals surface area contributed by atoms with Crippen LogP contribution in [0.4, 0.5) is 5.69 Å². The van der Waals surface area contributed by atoms with E-state index in [-0.39, 0.29) is 23.1 Å². The lowest BCUT2D eigenvalue weighted by molar-refractivity contribution is 0.0826. The largest absolute Gasteiger partial charge is 0.459 e. The van der Waals surface area contributed by atoms with Crippen molar-refractivity contribution in [3.8, 4) is 0 Å². The summed E-state index contributed by atoms with van der Waals surface area (Å²) < 4.78 is 5.10. The Morgan fingerprint density at radius 2 is 1.81 bits per heavy atom. The van der Waals surface area contributed by atoms with Crippen LogP contribution in [0.15, 0.2) is 71.3 Å². The van der Waals surface area contributed by atoms with Gasteiger partial charge in [0.2, 0.25) is 0 Å². The maximum Gasteiger partial charge on any atom is 0.291 e. The third kappa shape index (κ3) is 4.86. The van der Waals surface area contributed by atoms with Crippen LogP contribution in [0.2, 0.25) is 0 Å². The Labute approximate surface area is 182 Å². The molecule has 0 atom stereocenters. The van der Waals surface area contributed by atoms with Crippen LogP contribution >= 0.6 is 0 Å². The lowest BCUT2D eigenvalue weighted by Gasteiger charge is -2.41. The van der Waals surface area contributed by atoms with Gasteiger partial charge in [0, 0.05) is 36.4 Å². The fourth-order valence-corrected chi connectivity index (χ4v) is 3.86. The van der Waals surface area contributed by atoms with E-state index in [1.54, 1.807) is 36.4 Å². The van der Waals surface area contributed by atoms with Crippen LogP contribution in [0.5, 0.6) is 0 Å². The molecule has 0 saturated carbocycles. The quantitative estimate of drug-likeness (QED) is 0.633. The van der Waals surface area contributed by atoms with Crippen molar-refractivity contribution >= 4 is 17.5 Å². The molecule has 0 saturated heterocycles. The van der Waals surface area contributed by atoms with E-state index in [1.165, 1.54) is 17.4 Å². The van der Waals surface area contributed by atoms with E-state index in [0.717, 1.165) is 19.5 Å². The fourth-order valence-electron chi connectivity index (χ4n) is 3.86. The van der Waals surface area contributed by atoms with Crippen LogP contribution in [-0.4, -0.2) is 35.3 Å². The Balaban J connectivity index is 1.36. The maximum absolute atomic E-state index is 12.8. The van der Waals surface area contributed by atoms with Crippen molar-refractivity contribution in [2.75, 3.05) is 18.4 Å². The third-order valence-electron chi connectivity index (χ3n) is 5.80. The first-order valence-corrected chi connectivity index (χ1v) is 10.5. The van der Waals surface area contributed by atoms with Gasteiger partial charge >= 0.3 is 0 Å². The minimum atomic E-state index is -0.353. The van der Waals surface area contributed by atoms with Gasteiger partial charge in [-0.05, 0) is 61.7 Å². The number of hydrogen-bond acceptors (Lipinski definition) is 4. The Morgan fingerprint density at radius 3 is 2.58 bits per heavy atom. The Morgan fingerprint density at radius 1 is 1.00 bits per heavy atom. The van der Waals surface area contributed by atoms with Crippen molar-refractivity contribution < 1.29 is 14.0 Å². The van der Waals surface area contributed by atoms with E-state index >= 15 is 0 Å². The molecular weight excluding hydrogens is 390 g/mol. The minimum Gasteiger partial charge on any atom is -0.459 e. The zero-order valence-electron chi connectivity index (χ0n) is 17.9. The van der Waals surface area contributed by atoms with Crippen molar-refractivity contribution in [2.45, 2.75) is 32.4 Å². The number of amides is 2. The highest BCUT2D eigenvalue weighted by Gasteiger charge is 2.30. The van der Waals surface area contributed by atoms with Gasteiger partial charge < -0.3 is 15.1 Å². The number of nitrogens with zero attached hydrogens (tertiary/aromatic N) is 1. The highest BCUT2D eigenvalue weighted by molar-refractivity contribution is 6.03. The zero-order chi connectivity index (χ0) is 21.8. The van der Waals surface area contributed by atoms with Crippen molar-refractivity contribution in [3.63, 3.8) is 0 Å². The molecule has 6 heteroatoms. The molecule has 2 heterocycles. The first kappa shape index (κ1) is 20.9. The second-order valence-corrected chi connectivity index (χ2v) is 8.45. The number of carbonyl (C=O) groups is 2. The average molecular weight is 418 g/mol. The SMILES string of the molecule is CC(C)(CNC(=O)c1cccc(NC(=O)c2ccco2)c1)N1CCc2ccccc2C1. The molecule has 0 aliphatic carbocycles. The summed E-state index contributed by atoms with van der Waals surface area (Å²) in [7, 11) is 0. The van der Waals surface area contributed by atoms with Crippen LogP contribution < -0.4 is 10.6 Å². The van der Waals surface area contributed by atoms with E-state index in [9.17, 15) is 9.59 Å². The first-order valence-electron chi connectivity index (χ1n) is 10.5. The average Bonchev–Trinajstić information content (AvgIpc) is 3.32. The number of furan rings is 1. The molecule has 160 valence electrons. The molecule has 1 aliphatic rings. The molecule has 4 rings (SSSR count). The predicted octanol–water partition coefficient (Wildman–Crippen LogP) is 4.10. The van der Waals surface area contributed by atoms with Gasteiger partial charge in [0.05, 0.1) is 6.26 Å². The summed E-state index contributed by atoms with van der Waals surface area (Å²) in [6.07, 6.45) is 2.46. The molecule has 2 N–H and O–H groups in total. The van der Waals surface area contributed by atoms with Crippen molar-refractivity contribution in [1.82, 2.24) is 10.2 Å². The summed E-state index contributed by atoms with van der Waals surface area (Å²) in [5, 5.41) is 5.81. The summed E-state index contributed by atoms with van der Waals surface area (Å²) in [5.74, 6) is -0.298. The second kappa shape index (κ2) is 8.78. The van der Waals surface area contributed by atoms with Crippen LogP contribution in [0.1, 0.15) is 45.9 Å². The molecule has 31 heavy (non-hydrogen) atoms. The third-order valence-corrected chi connectivity index (χ3v) is 5.80. The fraction of sp³-hybridized carbons (Fsp3) is 0.280. The molecule has 0 fully saturated rings. The summed E-state index contributed by atoms with van der Waals surface area (Å²) >= 11 is 0. The molecule has 3 aromatic rings. The molecule has 0 unspecified atom stereocenters. The van der Waals surface area contributed by atoms with Gasteiger partial charge in [0.1, 0.15) is 0 Å². The van der Waals surface area contributed by atoms with Crippen molar-refractivity contribution in [1.29, 1.82) is 0 Å². The monoisotopic (exact) mass is 417 g/mol. The molecule has 6 nitrogen and oxygen atoms in total. The van der Waals surface area contributed by atoms with E-state index in [1.807, 2.05) is 0 Å². The Bertz CT molecular complexity index is 1070. The number of benzene rings is 2. The summed E-state index contributed by atoms with van der Waals surface area (Å²) in [6.45, 7) is 6.68. The van der Waals surface area contributed by atoms with Gasteiger partial charge in [-0.3, -0.25) is 14.5 Å². The lowest BCUT2D eigenvalue weighted by atomic mass is 9.94. The topological polar surface area (TPSA) is 74.6 Å². The van der Waals surface area contributed by atoms with E-state index in [4.69, 9.17) is 4.42 Å². The van der Waals surface area contributed by atoms with Gasteiger partial charge in [0.25, 0.3) is 11.8 Å². The normalized spacial score (nSPS) is 14.0. The number of nitrogens with one attached hydrogen (secondary N) is 2. The van der Waals surface area contributed by atoms with E-state index < -0.39 is 0 Å². The molecule has 0 bridgehead atoms. The highest BCUT2D eigenvalue weighted by atomic mass is 16.3. The zero-order valence-corrected chi connectivity index (χ0v) is 17.9. The molecule has 0 radical (unpaired) electrons. The molecule has 1 aromatic heterocycles. The maximum atomic E-state index is 12.8. The van der Waals surface area contributed by atoms with Gasteiger partial charge in [-0.25, -0.2) is 0 Å². The summed E-state index contributed by atoms with van der Waals surface area (Å²) in [5.41, 5.74) is 3.62. The predicted molar refractivity (Wildman–Crippen MR) is 120 cm³/mol. The van der Waals surface area contributed by atoms with Crippen LogP contribution in [-0.2, 0) is 13.0 Å². The first-order chi connectivity index (χ1) is 14.9. The van der Waals surface area contributed by atoms with Gasteiger partial charge in [0.15, 0.2) is 5.76 Å². The van der Waals surface area contributed by atoms with Crippen molar-refractivity contribution in [2.24, 2.45) is 0 Å². The summed E-state index contributed by atoms with van der Waals surface area (Å²) in [6, 6.07) is 18.7. The van der Waals surface area contributed by atoms with E-state index in [2.05, 4.69) is 53.6 Å². The summed E-state index contributed by atoms with van der Waals surface area (Å²) in [4.78, 5) is 27.4. The lowest BCUT2D eigenvalue weighted by Crippen LogP contribution is -2.53. The molecule has 0 spiro atoms. The molecule has 2 amide bonds. The Hall–Kier alpha value is -3.38. The second-order valence-electron chi connectivity index (χ2n) is 8.45. The Kier molecular flexibility index (Phi) is 5.91. The van der Waals surface area contributed by atoms with E-state index in [0.29, 0.717) is 17.8 Å². The minimum absolute atomic E-state index is 0.167. The number of hydrogen-bond donors (Lipinski definition) is 2. The molecular formula is C25H27N3O3. The van der Waals surface area contributed by atoms with Crippen LogP contribution in [0.3, 0.4) is 0 Å². The van der Waals surface area contributed by atoms with Crippen LogP contribution in [0.25, 0.3) is 0 Å². The number of fused-ring (bicyclic) bond motifs is 1. The van der Waals surface area contributed by atoms with Gasteiger partial charge in [-0.1, -0.05) is 30.3 Å². The van der Waals surface area contributed by atoms with Crippen LogP contribution in [0, 0.1) is 0 Å². The van der Waals surface area contributed by atoms with Gasteiger partial charge in [-0.2, -0.15) is 0 Å². The number of rotatable bonds is 6. The van der Waals surface area contributed by atoms with Gasteiger partial charge in [-0.15, -0.1) is 0 Å². The number of anilines is 1. The van der Waals surface area contributed by atoms with Crippen molar-refractivity contribution in [3.05, 3.63) is 89.4 Å². The highest BCUT2D eigenvalue weighted by Crippen LogP contribution is 2.25. The number of carbonyl (C=O) groups excluding carboxylic acids is 2. The smallest absolute Gasteiger partial charge is 0.291 e. The standard InChI is InChI=1S/C25H27N3O3/c1-25(2,28-13-12-18-7-3-4-8-20(18)16-28)17-26-23(29)19-9-5-10-21(15-19)27-24(30)22-11-6-14-31-22/h3-11,14-15H,12-13,16-17H2,1-2H3,(H,26,29)(H,27,30). The molecule has 2 aromatic carbocycles. The molecule has 1 aliphatic heterocycles.